The second kappa shape index (κ2) is 5.97. The Morgan fingerprint density at radius 2 is 1.83 bits per heavy atom. The third kappa shape index (κ3) is 3.09. The van der Waals surface area contributed by atoms with E-state index < -0.39 is 15.5 Å². The fraction of sp³-hybridized carbons (Fsp3) is 0. The molecule has 0 N–H and O–H groups in total. The van der Waals surface area contributed by atoms with Crippen LogP contribution in [0.1, 0.15) is 0 Å². The molecular formula is C14H11N5O3S. The molecule has 3 aromatic rings. The van der Waals surface area contributed by atoms with Crippen LogP contribution in [0, 0.1) is 0 Å². The maximum Gasteiger partial charge on any atom is 0.388 e. The minimum atomic E-state index is -3.65. The summed E-state index contributed by atoms with van der Waals surface area (Å²) in [5.41, 5.74) is -0.219. The van der Waals surface area contributed by atoms with E-state index in [0.717, 1.165) is 21.1 Å². The summed E-state index contributed by atoms with van der Waals surface area (Å²) in [6.07, 6.45) is 4.16. The highest BCUT2D eigenvalue weighted by Gasteiger charge is 2.11. The average Bonchev–Trinajstić information content (AvgIpc) is 2.95. The van der Waals surface area contributed by atoms with Crippen molar-refractivity contribution in [2.45, 2.75) is 4.90 Å². The van der Waals surface area contributed by atoms with E-state index in [1.807, 2.05) is 0 Å². The predicted octanol–water partition coefficient (Wildman–Crippen LogP) is 0.726. The van der Waals surface area contributed by atoms with Gasteiger partial charge in [-0.15, -0.1) is 0 Å². The molecule has 2 heterocycles. The van der Waals surface area contributed by atoms with Crippen molar-refractivity contribution >= 4 is 16.0 Å². The van der Waals surface area contributed by atoms with Gasteiger partial charge in [0.1, 0.15) is 0 Å². The molecule has 2 aromatic heterocycles. The molecule has 0 aliphatic rings. The molecule has 0 atom stereocenters. The standard InChI is InChI=1S/C14H11N5O3S/c20-14-16-17-18(19(14)12-5-4-8-15-11-12)9-10-23(21,22)13-6-2-1-3-7-13/h1-11H/b10-9+. The lowest BCUT2D eigenvalue weighted by atomic mass is 10.4. The van der Waals surface area contributed by atoms with E-state index in [1.54, 1.807) is 36.5 Å². The lowest BCUT2D eigenvalue weighted by Crippen LogP contribution is -2.20. The molecule has 3 rings (SSSR count). The number of benzene rings is 1. The Morgan fingerprint density at radius 3 is 2.52 bits per heavy atom. The quantitative estimate of drug-likeness (QED) is 0.699. The van der Waals surface area contributed by atoms with Crippen LogP contribution < -0.4 is 5.69 Å². The van der Waals surface area contributed by atoms with E-state index in [1.165, 1.54) is 18.3 Å². The molecule has 0 bridgehead atoms. The number of hydrogen-bond donors (Lipinski definition) is 0. The van der Waals surface area contributed by atoms with E-state index >= 15 is 0 Å². The van der Waals surface area contributed by atoms with Gasteiger partial charge in [-0.25, -0.2) is 13.2 Å². The molecule has 0 saturated carbocycles. The molecule has 23 heavy (non-hydrogen) atoms. The highest BCUT2D eigenvalue weighted by atomic mass is 32.2. The lowest BCUT2D eigenvalue weighted by molar-refractivity contribution is 0.604. The number of aromatic nitrogens is 5. The average molecular weight is 329 g/mol. The first kappa shape index (κ1) is 14.9. The van der Waals surface area contributed by atoms with Gasteiger partial charge in [-0.2, -0.15) is 9.48 Å². The van der Waals surface area contributed by atoms with E-state index in [4.69, 9.17) is 0 Å². The van der Waals surface area contributed by atoms with E-state index in [2.05, 4.69) is 15.3 Å². The summed E-state index contributed by atoms with van der Waals surface area (Å²) in [5.74, 6) is 0. The molecule has 0 spiro atoms. The number of nitrogens with zero attached hydrogens (tertiary/aromatic N) is 5. The highest BCUT2D eigenvalue weighted by molar-refractivity contribution is 7.94. The zero-order valence-electron chi connectivity index (χ0n) is 11.7. The molecule has 0 unspecified atom stereocenters. The van der Waals surface area contributed by atoms with Crippen LogP contribution in [0.3, 0.4) is 0 Å². The van der Waals surface area contributed by atoms with Crippen LogP contribution in [0.4, 0.5) is 0 Å². The van der Waals surface area contributed by atoms with Crippen molar-refractivity contribution in [1.82, 2.24) is 24.8 Å². The van der Waals surface area contributed by atoms with Gasteiger partial charge in [0.05, 0.1) is 28.4 Å². The third-order valence-electron chi connectivity index (χ3n) is 2.94. The van der Waals surface area contributed by atoms with Crippen molar-refractivity contribution in [2.75, 3.05) is 0 Å². The summed E-state index contributed by atoms with van der Waals surface area (Å²) in [7, 11) is -3.65. The van der Waals surface area contributed by atoms with Crippen molar-refractivity contribution in [2.24, 2.45) is 0 Å². The zero-order valence-corrected chi connectivity index (χ0v) is 12.5. The first-order chi connectivity index (χ1) is 11.1. The minimum Gasteiger partial charge on any atom is -0.262 e. The third-order valence-corrected chi connectivity index (χ3v) is 4.35. The SMILES string of the molecule is O=c1nnn(/C=C/S(=O)(=O)c2ccccc2)n1-c1cccnc1. The van der Waals surface area contributed by atoms with Gasteiger partial charge in [-0.3, -0.25) is 4.98 Å². The van der Waals surface area contributed by atoms with Crippen LogP contribution in [0.15, 0.2) is 70.0 Å². The topological polar surface area (TPSA) is 99.7 Å². The molecule has 0 aliphatic carbocycles. The van der Waals surface area contributed by atoms with Crippen LogP contribution in [0.2, 0.25) is 0 Å². The van der Waals surface area contributed by atoms with Crippen LogP contribution in [0.25, 0.3) is 11.9 Å². The Morgan fingerprint density at radius 1 is 1.04 bits per heavy atom. The molecule has 0 saturated heterocycles. The van der Waals surface area contributed by atoms with Crippen molar-refractivity contribution < 1.29 is 8.42 Å². The van der Waals surface area contributed by atoms with Gasteiger partial charge in [0.25, 0.3) is 0 Å². The number of rotatable bonds is 4. The van der Waals surface area contributed by atoms with Crippen LogP contribution in [0.5, 0.6) is 0 Å². The Bertz CT molecular complexity index is 992. The first-order valence-corrected chi connectivity index (χ1v) is 8.06. The van der Waals surface area contributed by atoms with Gasteiger partial charge in [-0.05, 0) is 29.5 Å². The van der Waals surface area contributed by atoms with Gasteiger partial charge in [0, 0.05) is 6.20 Å². The van der Waals surface area contributed by atoms with Gasteiger partial charge in [0.2, 0.25) is 9.84 Å². The number of pyridine rings is 1. The molecule has 0 radical (unpaired) electrons. The summed E-state index contributed by atoms with van der Waals surface area (Å²) in [6, 6.07) is 11.2. The van der Waals surface area contributed by atoms with Gasteiger partial charge >= 0.3 is 5.69 Å². The Labute approximate surface area is 131 Å². The predicted molar refractivity (Wildman–Crippen MR) is 82.4 cm³/mol. The van der Waals surface area contributed by atoms with Gasteiger partial charge in [0.15, 0.2) is 0 Å². The molecule has 0 amide bonds. The molecular weight excluding hydrogens is 318 g/mol. The molecule has 0 aliphatic heterocycles. The molecule has 1 aromatic carbocycles. The fourth-order valence-corrected chi connectivity index (χ4v) is 2.84. The molecule has 9 heteroatoms. The van der Waals surface area contributed by atoms with E-state index in [0.29, 0.717) is 5.69 Å². The van der Waals surface area contributed by atoms with E-state index in [9.17, 15) is 13.2 Å². The molecule has 116 valence electrons. The van der Waals surface area contributed by atoms with Crippen LogP contribution >= 0.6 is 0 Å². The summed E-state index contributed by atoms with van der Waals surface area (Å²) in [4.78, 5) is 16.9. The van der Waals surface area contributed by atoms with E-state index in [-0.39, 0.29) is 4.90 Å². The van der Waals surface area contributed by atoms with Crippen LogP contribution in [-0.2, 0) is 9.84 Å². The van der Waals surface area contributed by atoms with Crippen molar-refractivity contribution in [3.63, 3.8) is 0 Å². The second-order valence-corrected chi connectivity index (χ2v) is 6.29. The highest BCUT2D eigenvalue weighted by Crippen LogP contribution is 2.11. The minimum absolute atomic E-state index is 0.145. The summed E-state index contributed by atoms with van der Waals surface area (Å²) in [6.45, 7) is 0. The summed E-state index contributed by atoms with van der Waals surface area (Å²) < 4.78 is 25.5. The van der Waals surface area contributed by atoms with Crippen molar-refractivity contribution in [3.05, 3.63) is 70.8 Å². The van der Waals surface area contributed by atoms with Gasteiger partial charge < -0.3 is 0 Å². The number of sulfone groups is 1. The van der Waals surface area contributed by atoms with Crippen molar-refractivity contribution in [1.29, 1.82) is 0 Å². The Kier molecular flexibility index (Phi) is 3.85. The fourth-order valence-electron chi connectivity index (χ4n) is 1.88. The maximum atomic E-state index is 12.2. The second-order valence-electron chi connectivity index (χ2n) is 4.46. The zero-order chi connectivity index (χ0) is 16.3. The molecule has 8 nitrogen and oxygen atoms in total. The normalized spacial score (nSPS) is 11.8. The number of tetrazole rings is 1. The van der Waals surface area contributed by atoms with Crippen molar-refractivity contribution in [3.8, 4) is 5.69 Å². The van der Waals surface area contributed by atoms with Gasteiger partial charge in [-0.1, -0.05) is 23.3 Å². The smallest absolute Gasteiger partial charge is 0.262 e. The monoisotopic (exact) mass is 329 g/mol. The van der Waals surface area contributed by atoms with Crippen LogP contribution in [-0.4, -0.2) is 33.2 Å². The number of hydrogen-bond acceptors (Lipinski definition) is 6. The maximum absolute atomic E-state index is 12.2. The summed E-state index contributed by atoms with van der Waals surface area (Å²) in [5, 5.41) is 8.00. The largest absolute Gasteiger partial charge is 0.388 e. The lowest BCUT2D eigenvalue weighted by Gasteiger charge is -2.03. The Hall–Kier alpha value is -3.07. The molecule has 0 fully saturated rings. The Balaban J connectivity index is 2.01. The first-order valence-electron chi connectivity index (χ1n) is 6.51. The summed E-state index contributed by atoms with van der Waals surface area (Å²) >= 11 is 0.